The summed E-state index contributed by atoms with van der Waals surface area (Å²) in [5, 5.41) is 24.2. The molecular formula is C46H42Br2Cl2N14O10. The van der Waals surface area contributed by atoms with Gasteiger partial charge in [-0.05, 0) is 88.5 Å². The van der Waals surface area contributed by atoms with E-state index in [0.29, 0.717) is 78.2 Å². The van der Waals surface area contributed by atoms with Crippen LogP contribution in [-0.2, 0) is 60.4 Å². The van der Waals surface area contributed by atoms with Gasteiger partial charge in [0, 0.05) is 66.2 Å². The summed E-state index contributed by atoms with van der Waals surface area (Å²) in [5.74, 6) is 1.55. The predicted molar refractivity (Wildman–Crippen MR) is 271 cm³/mol. The lowest BCUT2D eigenvalue weighted by atomic mass is 10.1. The van der Waals surface area contributed by atoms with Crippen LogP contribution in [-0.4, -0.2) is 104 Å². The van der Waals surface area contributed by atoms with Gasteiger partial charge >= 0.3 is 11.9 Å². The molecule has 3 aliphatic rings. The Morgan fingerprint density at radius 2 is 1.12 bits per heavy atom. The number of amides is 3. The maximum Gasteiger partial charge on any atom is 0.312 e. The zero-order chi connectivity index (χ0) is 53.1. The van der Waals surface area contributed by atoms with Crippen molar-refractivity contribution in [1.29, 1.82) is 0 Å². The molecule has 0 spiro atoms. The summed E-state index contributed by atoms with van der Waals surface area (Å²) in [6.45, 7) is 5.45. The number of rotatable bonds is 9. The van der Waals surface area contributed by atoms with Gasteiger partial charge in [-0.25, -0.2) is 24.9 Å². The first-order valence-electron chi connectivity index (χ1n) is 21.8. The molecule has 7 aromatic rings. The zero-order valence-corrected chi connectivity index (χ0v) is 44.3. The smallest absolute Gasteiger partial charge is 0.312 e. The summed E-state index contributed by atoms with van der Waals surface area (Å²) < 4.78 is 30.9. The number of fused-ring (bicyclic) bond motifs is 3. The summed E-state index contributed by atoms with van der Waals surface area (Å²) in [4.78, 5) is 77.7. The molecule has 0 saturated carbocycles. The fourth-order valence-electron chi connectivity index (χ4n) is 6.70. The van der Waals surface area contributed by atoms with Gasteiger partial charge in [-0.2, -0.15) is 0 Å². The number of esters is 2. The molecule has 3 N–H and O–H groups in total. The van der Waals surface area contributed by atoms with Crippen LogP contribution in [0.5, 0.6) is 17.2 Å². The van der Waals surface area contributed by atoms with Crippen LogP contribution in [0.15, 0.2) is 82.5 Å². The zero-order valence-electron chi connectivity index (χ0n) is 39.6. The Bertz CT molecular complexity index is 3150. The first kappa shape index (κ1) is 54.1. The van der Waals surface area contributed by atoms with E-state index in [0.717, 1.165) is 10.0 Å². The molecule has 28 heteroatoms. The fraction of sp³-hybridized carbons (Fsp3) is 0.261. The highest BCUT2D eigenvalue weighted by atomic mass is 79.9. The number of hydrogen-bond acceptors (Lipinski definition) is 19. The Kier molecular flexibility index (Phi) is 18.2. The monoisotopic (exact) mass is 1180 g/mol. The molecule has 0 fully saturated rings. The first-order valence-corrected chi connectivity index (χ1v) is 24.2. The van der Waals surface area contributed by atoms with Crippen molar-refractivity contribution < 1.29 is 47.7 Å². The molecule has 0 radical (unpaired) electrons. The van der Waals surface area contributed by atoms with E-state index in [4.69, 9.17) is 46.9 Å². The van der Waals surface area contributed by atoms with Gasteiger partial charge in [0.25, 0.3) is 17.7 Å². The molecule has 3 aliphatic heterocycles. The van der Waals surface area contributed by atoms with Crippen LogP contribution in [0.3, 0.4) is 0 Å². The third kappa shape index (κ3) is 14.3. The number of nitrogens with one attached hydrogen (secondary N) is 3. The van der Waals surface area contributed by atoms with E-state index >= 15 is 0 Å². The molecule has 0 saturated heterocycles. The maximum atomic E-state index is 12.6. The normalized spacial score (nSPS) is 13.6. The number of aryl methyl sites for hydroxylation is 3. The minimum atomic E-state index is -0.564. The average molecular weight is 1180 g/mol. The number of carbonyl (C=O) groups is 5. The summed E-state index contributed by atoms with van der Waals surface area (Å²) in [7, 11) is 3.39. The number of hydrogen-bond donors (Lipinski definition) is 3. The molecular weight excluding hydrogens is 1140 g/mol. The number of pyridine rings is 5. The fourth-order valence-corrected chi connectivity index (χ4v) is 8.03. The van der Waals surface area contributed by atoms with Crippen LogP contribution in [0.2, 0.25) is 10.3 Å². The van der Waals surface area contributed by atoms with Gasteiger partial charge in [-0.1, -0.05) is 45.8 Å². The van der Waals surface area contributed by atoms with Crippen LogP contribution in [0, 0.1) is 6.92 Å². The van der Waals surface area contributed by atoms with Gasteiger partial charge in [0.2, 0.25) is 0 Å². The largest absolute Gasteiger partial charge is 0.480 e. The molecule has 7 aromatic heterocycles. The van der Waals surface area contributed by atoms with Crippen molar-refractivity contribution >= 4 is 102 Å². The van der Waals surface area contributed by atoms with Gasteiger partial charge < -0.3 is 39.6 Å². The average Bonchev–Trinajstić information content (AvgIpc) is 3.89. The first-order chi connectivity index (χ1) is 35.4. The van der Waals surface area contributed by atoms with Gasteiger partial charge in [-0.15, -0.1) is 10.2 Å². The third-order valence-electron chi connectivity index (χ3n) is 10.3. The van der Waals surface area contributed by atoms with Crippen LogP contribution < -0.4 is 30.2 Å². The van der Waals surface area contributed by atoms with E-state index in [-0.39, 0.29) is 61.5 Å². The van der Waals surface area contributed by atoms with Gasteiger partial charge in [0.15, 0.2) is 59.1 Å². The molecule has 0 bridgehead atoms. The van der Waals surface area contributed by atoms with E-state index < -0.39 is 18.2 Å². The van der Waals surface area contributed by atoms with E-state index in [1.54, 1.807) is 89.1 Å². The summed E-state index contributed by atoms with van der Waals surface area (Å²) in [6.07, 6.45) is 6.96. The van der Waals surface area contributed by atoms with Gasteiger partial charge in [0.1, 0.15) is 28.2 Å². The van der Waals surface area contributed by atoms with E-state index in [1.165, 1.54) is 15.6 Å². The van der Waals surface area contributed by atoms with E-state index in [1.807, 2.05) is 13.0 Å². The lowest BCUT2D eigenvalue weighted by Gasteiger charge is -2.17. The van der Waals surface area contributed by atoms with Crippen molar-refractivity contribution in [2.75, 3.05) is 35.8 Å². The van der Waals surface area contributed by atoms with Crippen LogP contribution in [0.1, 0.15) is 54.1 Å². The second kappa shape index (κ2) is 24.8. The number of aromatic nitrogens is 11. The SMILES string of the molecule is C[C@@H](OC(=O)Cc1c(-c2cnc3c(c2)OCC(=O)N3)nnn1C)c1cccnc1Cl.C[C@@H](OC(=O)Cc1c(Br)nnn1C)c1cccnc1Cl.Cc1cnc2c(c1)OCC(=O)N2.O=C1COc2cc(Br)cnc2N1. The van der Waals surface area contributed by atoms with Crippen LogP contribution in [0.4, 0.5) is 17.5 Å². The van der Waals surface area contributed by atoms with Crippen molar-refractivity contribution in [2.24, 2.45) is 14.1 Å². The Morgan fingerprint density at radius 3 is 1.64 bits per heavy atom. The lowest BCUT2D eigenvalue weighted by Crippen LogP contribution is -2.26. The van der Waals surface area contributed by atoms with Crippen molar-refractivity contribution in [3.63, 3.8) is 0 Å². The summed E-state index contributed by atoms with van der Waals surface area (Å²) in [6, 6.07) is 12.3. The summed E-state index contributed by atoms with van der Waals surface area (Å²) in [5.41, 5.74) is 4.58. The Labute approximate surface area is 447 Å². The standard InChI is InChI=1S/C19H17ClN6O4.C12H12BrClN4O2.C8H8N2O2.C7H5BrN2O2/c1-10(12-4-3-5-21-18(12)20)30-16(28)7-13-17(24-25-26(13)2)11-6-14-19(22-8-11)23-15(27)9-29-14;1-7(8-4-3-5-15-12(8)14)20-10(19)6-9-11(13)16-17-18(9)2;1-5-2-6-8(9-3-5)10-7(11)4-12-6;8-4-1-5-7(9-2-4)10-6(11)3-12-5/h3-6,8,10H,7,9H2,1-2H3,(H,22,23,27);3-5,7H,6H2,1-2H3;2-3H,4H2,1H3,(H,9,10,11);1-2H,3H2,(H,9,10,11)/t10-;7-;;/m11../s1. The van der Waals surface area contributed by atoms with Crippen LogP contribution >= 0.6 is 55.1 Å². The molecule has 2 atom stereocenters. The number of carbonyl (C=O) groups excluding carboxylic acids is 5. The number of ether oxygens (including phenoxy) is 5. The van der Waals surface area contributed by atoms with Crippen molar-refractivity contribution in [3.8, 4) is 28.5 Å². The Morgan fingerprint density at radius 1 is 0.662 bits per heavy atom. The highest BCUT2D eigenvalue weighted by molar-refractivity contribution is 9.10. The second-order valence-corrected chi connectivity index (χ2v) is 18.2. The second-order valence-electron chi connectivity index (χ2n) is 15.8. The highest BCUT2D eigenvalue weighted by Gasteiger charge is 2.25. The van der Waals surface area contributed by atoms with Crippen molar-refractivity contribution in [2.45, 2.75) is 45.8 Å². The van der Waals surface area contributed by atoms with Gasteiger partial charge in [-0.3, -0.25) is 33.3 Å². The molecule has 0 aliphatic carbocycles. The topological polar surface area (TPSA) is 293 Å². The number of anilines is 3. The van der Waals surface area contributed by atoms with Crippen molar-refractivity contribution in [3.05, 3.63) is 121 Å². The minimum Gasteiger partial charge on any atom is -0.480 e. The summed E-state index contributed by atoms with van der Waals surface area (Å²) >= 11 is 18.5. The minimum absolute atomic E-state index is 0.0598. The van der Waals surface area contributed by atoms with E-state index in [9.17, 15) is 24.0 Å². The van der Waals surface area contributed by atoms with Crippen LogP contribution in [0.25, 0.3) is 11.3 Å². The molecule has 74 heavy (non-hydrogen) atoms. The number of nitrogens with zero attached hydrogens (tertiary/aromatic N) is 11. The third-order valence-corrected chi connectivity index (χ3v) is 12.0. The maximum absolute atomic E-state index is 12.6. The molecule has 0 unspecified atom stereocenters. The molecule has 384 valence electrons. The molecule has 0 aromatic carbocycles. The highest BCUT2D eigenvalue weighted by Crippen LogP contribution is 2.33. The van der Waals surface area contributed by atoms with Crippen molar-refractivity contribution in [1.82, 2.24) is 54.9 Å². The quantitative estimate of drug-likeness (QED) is 0.103. The Hall–Kier alpha value is -7.68. The molecule has 24 nitrogen and oxygen atoms in total. The molecule has 3 amide bonds. The van der Waals surface area contributed by atoms with Gasteiger partial charge in [0.05, 0.1) is 24.2 Å². The predicted octanol–water partition coefficient (Wildman–Crippen LogP) is 6.47. The number of halogens is 4. The Balaban J connectivity index is 0.000000156. The molecule has 10 rings (SSSR count). The molecule has 10 heterocycles. The van der Waals surface area contributed by atoms with E-state index in [2.05, 4.69) is 93.4 Å². The lowest BCUT2D eigenvalue weighted by molar-refractivity contribution is -0.148.